The molecule has 0 aliphatic rings. The van der Waals surface area contributed by atoms with Crippen LogP contribution in [-0.2, 0) is 0 Å². The van der Waals surface area contributed by atoms with Crippen LogP contribution < -0.4 is 5.32 Å². The van der Waals surface area contributed by atoms with Gasteiger partial charge in [-0.1, -0.05) is 20.3 Å². The molecule has 15 heavy (non-hydrogen) atoms. The van der Waals surface area contributed by atoms with Crippen LogP contribution in [0.2, 0.25) is 0 Å². The van der Waals surface area contributed by atoms with Gasteiger partial charge in [-0.05, 0) is 32.1 Å². The number of hydrogen-bond donors (Lipinski definition) is 3. The van der Waals surface area contributed by atoms with Gasteiger partial charge in [-0.3, -0.25) is 0 Å². The van der Waals surface area contributed by atoms with Gasteiger partial charge in [-0.25, -0.2) is 4.79 Å². The molecule has 0 aromatic rings. The Hall–Kier alpha value is -0.770. The fourth-order valence-electron chi connectivity index (χ4n) is 2.23. The van der Waals surface area contributed by atoms with Crippen molar-refractivity contribution >= 4 is 6.09 Å². The van der Waals surface area contributed by atoms with Crippen LogP contribution in [0.25, 0.3) is 0 Å². The maximum atomic E-state index is 10.6. The minimum atomic E-state index is -1.02. The van der Waals surface area contributed by atoms with E-state index in [-0.39, 0.29) is 12.0 Å². The topological polar surface area (TPSA) is 69.6 Å². The van der Waals surface area contributed by atoms with Crippen LogP contribution in [0.1, 0.15) is 47.0 Å². The van der Waals surface area contributed by atoms with Crippen molar-refractivity contribution in [3.8, 4) is 0 Å². The first kappa shape index (κ1) is 14.2. The summed E-state index contributed by atoms with van der Waals surface area (Å²) >= 11 is 0. The highest BCUT2D eigenvalue weighted by Gasteiger charge is 2.32. The Morgan fingerprint density at radius 3 is 2.20 bits per heavy atom. The van der Waals surface area contributed by atoms with Crippen LogP contribution in [0.3, 0.4) is 0 Å². The quantitative estimate of drug-likeness (QED) is 0.639. The van der Waals surface area contributed by atoms with Crippen molar-refractivity contribution in [3.63, 3.8) is 0 Å². The fourth-order valence-corrected chi connectivity index (χ4v) is 2.23. The molecule has 1 atom stereocenters. The smallest absolute Gasteiger partial charge is 0.405 e. The maximum Gasteiger partial charge on any atom is 0.405 e. The zero-order valence-corrected chi connectivity index (χ0v) is 10.1. The molecular formula is C11H23NO3. The Morgan fingerprint density at radius 1 is 1.33 bits per heavy atom. The number of carbonyl (C=O) groups is 1. The van der Waals surface area contributed by atoms with Gasteiger partial charge in [0.05, 0.1) is 0 Å². The lowest BCUT2D eigenvalue weighted by molar-refractivity contribution is 0.0898. The third-order valence-corrected chi connectivity index (χ3v) is 2.55. The van der Waals surface area contributed by atoms with Crippen molar-refractivity contribution in [2.75, 3.05) is 6.61 Å². The molecule has 0 aromatic carbocycles. The molecule has 0 aliphatic heterocycles. The molecule has 3 N–H and O–H groups in total. The number of aliphatic hydroxyl groups is 1. The van der Waals surface area contributed by atoms with E-state index in [9.17, 15) is 9.90 Å². The maximum absolute atomic E-state index is 10.6. The summed E-state index contributed by atoms with van der Waals surface area (Å²) in [6.45, 7) is 7.81. The van der Waals surface area contributed by atoms with E-state index in [2.05, 4.69) is 12.2 Å². The summed E-state index contributed by atoms with van der Waals surface area (Å²) in [6.07, 6.45) is 1.50. The molecular weight excluding hydrogens is 194 g/mol. The first-order valence-corrected chi connectivity index (χ1v) is 5.37. The Kier molecular flexibility index (Phi) is 5.08. The molecule has 0 saturated heterocycles. The van der Waals surface area contributed by atoms with E-state index in [0.29, 0.717) is 6.42 Å². The van der Waals surface area contributed by atoms with Crippen molar-refractivity contribution in [2.24, 2.45) is 5.41 Å². The van der Waals surface area contributed by atoms with Crippen LogP contribution >= 0.6 is 0 Å². The Balaban J connectivity index is 4.44. The molecule has 0 saturated carbocycles. The number of rotatable bonds is 6. The van der Waals surface area contributed by atoms with Gasteiger partial charge >= 0.3 is 6.09 Å². The number of carboxylic acid groups (broad SMARTS) is 1. The normalized spacial score (nSPS) is 15.8. The van der Waals surface area contributed by atoms with Crippen LogP contribution in [0.4, 0.5) is 4.79 Å². The molecule has 0 fully saturated rings. The SMILES string of the molecule is CCCC(C)(CO)CC(C)(C)NC(=O)O. The van der Waals surface area contributed by atoms with E-state index in [1.807, 2.05) is 20.8 Å². The van der Waals surface area contributed by atoms with Gasteiger partial charge in [0.15, 0.2) is 0 Å². The molecule has 0 aliphatic carbocycles. The molecule has 90 valence electrons. The summed E-state index contributed by atoms with van der Waals surface area (Å²) < 4.78 is 0. The highest BCUT2D eigenvalue weighted by Crippen LogP contribution is 2.32. The fraction of sp³-hybridized carbons (Fsp3) is 0.909. The summed E-state index contributed by atoms with van der Waals surface area (Å²) in [7, 11) is 0. The Morgan fingerprint density at radius 2 is 1.87 bits per heavy atom. The average molecular weight is 217 g/mol. The molecule has 1 amide bonds. The van der Waals surface area contributed by atoms with Gasteiger partial charge in [-0.2, -0.15) is 0 Å². The third-order valence-electron chi connectivity index (χ3n) is 2.55. The first-order chi connectivity index (χ1) is 6.74. The molecule has 0 radical (unpaired) electrons. The van der Waals surface area contributed by atoms with Crippen LogP contribution in [0, 0.1) is 5.41 Å². The third kappa shape index (κ3) is 5.62. The molecule has 4 nitrogen and oxygen atoms in total. The van der Waals surface area contributed by atoms with Gasteiger partial charge in [0.2, 0.25) is 0 Å². The van der Waals surface area contributed by atoms with Crippen molar-refractivity contribution in [1.82, 2.24) is 5.32 Å². The summed E-state index contributed by atoms with van der Waals surface area (Å²) in [5, 5.41) is 20.5. The predicted octanol–water partition coefficient (Wildman–Crippen LogP) is 2.22. The first-order valence-electron chi connectivity index (χ1n) is 5.37. The number of aliphatic hydroxyl groups excluding tert-OH is 1. The van der Waals surface area contributed by atoms with Gasteiger partial charge in [0, 0.05) is 12.1 Å². The zero-order chi connectivity index (χ0) is 12.1. The second kappa shape index (κ2) is 5.35. The average Bonchev–Trinajstić information content (AvgIpc) is 2.00. The van der Waals surface area contributed by atoms with Crippen molar-refractivity contribution in [3.05, 3.63) is 0 Å². The molecule has 1 unspecified atom stereocenters. The summed E-state index contributed by atoms with van der Waals surface area (Å²) in [5.41, 5.74) is -0.709. The van der Waals surface area contributed by atoms with E-state index in [4.69, 9.17) is 5.11 Å². The second-order valence-corrected chi connectivity index (χ2v) is 5.21. The molecule has 0 spiro atoms. The van der Waals surface area contributed by atoms with Gasteiger partial charge in [-0.15, -0.1) is 0 Å². The van der Waals surface area contributed by atoms with E-state index < -0.39 is 11.6 Å². The Labute approximate surface area is 91.7 Å². The van der Waals surface area contributed by atoms with E-state index >= 15 is 0 Å². The summed E-state index contributed by atoms with van der Waals surface area (Å²) in [6, 6.07) is 0. The lowest BCUT2D eigenvalue weighted by Crippen LogP contribution is -2.46. The van der Waals surface area contributed by atoms with Gasteiger partial charge in [0.25, 0.3) is 0 Å². The molecule has 0 bridgehead atoms. The standard InChI is InChI=1S/C11H23NO3/c1-5-6-11(4,8-13)7-10(2,3)12-9(14)15/h12-13H,5-8H2,1-4H3,(H,14,15). The highest BCUT2D eigenvalue weighted by molar-refractivity contribution is 5.65. The van der Waals surface area contributed by atoms with Gasteiger partial charge in [0.1, 0.15) is 0 Å². The van der Waals surface area contributed by atoms with Crippen LogP contribution in [0.15, 0.2) is 0 Å². The van der Waals surface area contributed by atoms with Crippen molar-refractivity contribution in [2.45, 2.75) is 52.5 Å². The molecule has 0 rings (SSSR count). The number of amides is 1. The second-order valence-electron chi connectivity index (χ2n) is 5.21. The minimum absolute atomic E-state index is 0.0889. The summed E-state index contributed by atoms with van der Waals surface area (Å²) in [4.78, 5) is 10.6. The number of hydrogen-bond acceptors (Lipinski definition) is 2. The molecule has 0 heterocycles. The Bertz CT molecular complexity index is 216. The van der Waals surface area contributed by atoms with Crippen LogP contribution in [-0.4, -0.2) is 28.5 Å². The van der Waals surface area contributed by atoms with E-state index in [1.54, 1.807) is 0 Å². The monoisotopic (exact) mass is 217 g/mol. The lowest BCUT2D eigenvalue weighted by Gasteiger charge is -2.36. The number of nitrogens with one attached hydrogen (secondary N) is 1. The zero-order valence-electron chi connectivity index (χ0n) is 10.1. The van der Waals surface area contributed by atoms with Gasteiger partial charge < -0.3 is 15.5 Å². The molecule has 0 aromatic heterocycles. The lowest BCUT2D eigenvalue weighted by atomic mass is 9.76. The highest BCUT2D eigenvalue weighted by atomic mass is 16.4. The van der Waals surface area contributed by atoms with Crippen molar-refractivity contribution < 1.29 is 15.0 Å². The minimum Gasteiger partial charge on any atom is -0.465 e. The van der Waals surface area contributed by atoms with Crippen LogP contribution in [0.5, 0.6) is 0 Å². The van der Waals surface area contributed by atoms with E-state index in [1.165, 1.54) is 0 Å². The summed E-state index contributed by atoms with van der Waals surface area (Å²) in [5.74, 6) is 0. The largest absolute Gasteiger partial charge is 0.465 e. The van der Waals surface area contributed by atoms with E-state index in [0.717, 1.165) is 12.8 Å². The molecule has 4 heteroatoms. The predicted molar refractivity (Wildman–Crippen MR) is 60.0 cm³/mol. The van der Waals surface area contributed by atoms with Crippen molar-refractivity contribution in [1.29, 1.82) is 0 Å².